The zero-order chi connectivity index (χ0) is 17.7. The fraction of sp³-hybridized carbons (Fsp3) is 0.471. The zero-order valence-corrected chi connectivity index (χ0v) is 15.3. The third-order valence-electron chi connectivity index (χ3n) is 3.28. The smallest absolute Gasteiger partial charge is 0.233 e. The van der Waals surface area contributed by atoms with Gasteiger partial charge in [0.05, 0.1) is 11.0 Å². The number of para-hydroxylation sites is 2. The number of fused-ring (bicyclic) bond motifs is 1. The van der Waals surface area contributed by atoms with Gasteiger partial charge in [0, 0.05) is 36.9 Å². The van der Waals surface area contributed by atoms with Gasteiger partial charge in [0.2, 0.25) is 11.8 Å². The van der Waals surface area contributed by atoms with Crippen LogP contribution in [0.25, 0.3) is 11.0 Å². The average Bonchev–Trinajstić information content (AvgIpc) is 2.92. The molecule has 2 N–H and O–H groups in total. The Bertz CT molecular complexity index is 678. The summed E-state index contributed by atoms with van der Waals surface area (Å²) in [6.07, 6.45) is 0.380. The highest BCUT2D eigenvalue weighted by Crippen LogP contribution is 2.25. The van der Waals surface area contributed by atoms with E-state index in [0.717, 1.165) is 11.0 Å². The number of H-pyrrole nitrogens is 1. The molecule has 0 fully saturated rings. The lowest BCUT2D eigenvalue weighted by molar-refractivity contribution is -0.130. The quantitative estimate of drug-likeness (QED) is 0.754. The van der Waals surface area contributed by atoms with E-state index in [0.29, 0.717) is 5.16 Å². The average molecular weight is 348 g/mol. The minimum Gasteiger partial charge on any atom is -0.354 e. The number of hydrogen-bond donors (Lipinski definition) is 2. The van der Waals surface area contributed by atoms with Gasteiger partial charge >= 0.3 is 0 Å². The number of aromatic amines is 1. The fourth-order valence-corrected chi connectivity index (χ4v) is 3.12. The van der Waals surface area contributed by atoms with Crippen molar-refractivity contribution in [1.82, 2.24) is 19.6 Å². The topological polar surface area (TPSA) is 78.1 Å². The number of hydrogen-bond acceptors (Lipinski definition) is 4. The van der Waals surface area contributed by atoms with Gasteiger partial charge in [-0.2, -0.15) is 0 Å². The number of nitrogens with one attached hydrogen (secondary N) is 2. The Labute approximate surface area is 146 Å². The Morgan fingerprint density at radius 3 is 2.54 bits per heavy atom. The molecule has 0 atom stereocenters. The van der Waals surface area contributed by atoms with Gasteiger partial charge in [-0.25, -0.2) is 4.98 Å². The van der Waals surface area contributed by atoms with Crippen molar-refractivity contribution in [3.8, 4) is 0 Å². The second-order valence-electron chi connectivity index (χ2n) is 6.19. The minimum absolute atomic E-state index is 0.00359. The predicted molar refractivity (Wildman–Crippen MR) is 96.4 cm³/mol. The summed E-state index contributed by atoms with van der Waals surface area (Å²) in [4.78, 5) is 31.9. The van der Waals surface area contributed by atoms with Crippen molar-refractivity contribution in [2.45, 2.75) is 57.8 Å². The maximum Gasteiger partial charge on any atom is 0.233 e. The molecule has 1 heterocycles. The minimum atomic E-state index is -0.101. The van der Waals surface area contributed by atoms with Crippen molar-refractivity contribution in [2.75, 3.05) is 0 Å². The Hall–Kier alpha value is -2.02. The van der Waals surface area contributed by atoms with Crippen molar-refractivity contribution in [1.29, 1.82) is 0 Å². The molecule has 24 heavy (non-hydrogen) atoms. The Morgan fingerprint density at radius 1 is 1.21 bits per heavy atom. The molecule has 130 valence electrons. The lowest BCUT2D eigenvalue weighted by atomic mass is 10.2. The maximum atomic E-state index is 12.5. The van der Waals surface area contributed by atoms with Crippen LogP contribution in [-0.2, 0) is 9.59 Å². The van der Waals surface area contributed by atoms with Gasteiger partial charge in [0.1, 0.15) is 0 Å². The third kappa shape index (κ3) is 4.99. The van der Waals surface area contributed by atoms with Crippen LogP contribution in [0.3, 0.4) is 0 Å². The summed E-state index contributed by atoms with van der Waals surface area (Å²) in [6.45, 7) is 7.69. The zero-order valence-electron chi connectivity index (χ0n) is 14.5. The first kappa shape index (κ1) is 18.3. The predicted octanol–water partition coefficient (Wildman–Crippen LogP) is 3.11. The molecule has 7 heteroatoms. The van der Waals surface area contributed by atoms with Gasteiger partial charge in [0.25, 0.3) is 0 Å². The van der Waals surface area contributed by atoms with E-state index in [-0.39, 0.29) is 36.7 Å². The highest BCUT2D eigenvalue weighted by molar-refractivity contribution is 7.97. The van der Waals surface area contributed by atoms with Crippen LogP contribution in [0, 0.1) is 0 Å². The van der Waals surface area contributed by atoms with Crippen LogP contribution in [0.15, 0.2) is 29.4 Å². The first-order chi connectivity index (χ1) is 11.4. The summed E-state index contributed by atoms with van der Waals surface area (Å²) < 4.78 is 1.67. The summed E-state index contributed by atoms with van der Waals surface area (Å²) in [5, 5.41) is 3.47. The van der Waals surface area contributed by atoms with Crippen molar-refractivity contribution in [3.05, 3.63) is 24.3 Å². The van der Waals surface area contributed by atoms with E-state index in [4.69, 9.17) is 0 Å². The van der Waals surface area contributed by atoms with Gasteiger partial charge < -0.3 is 10.3 Å². The SMILES string of the molecule is CC(C)NC(=O)CCC(=O)N(Sc1nc2ccccc2[nH]1)C(C)C. The van der Waals surface area contributed by atoms with Gasteiger partial charge in [-0.15, -0.1) is 0 Å². The van der Waals surface area contributed by atoms with E-state index < -0.39 is 0 Å². The summed E-state index contributed by atoms with van der Waals surface area (Å²) >= 11 is 1.28. The van der Waals surface area contributed by atoms with Gasteiger partial charge in [-0.3, -0.25) is 13.9 Å². The van der Waals surface area contributed by atoms with E-state index >= 15 is 0 Å². The van der Waals surface area contributed by atoms with Crippen molar-refractivity contribution < 1.29 is 9.59 Å². The Morgan fingerprint density at radius 2 is 1.92 bits per heavy atom. The van der Waals surface area contributed by atoms with E-state index in [1.54, 1.807) is 4.31 Å². The number of carbonyl (C=O) groups excluding carboxylic acids is 2. The number of amides is 2. The molecule has 0 unspecified atom stereocenters. The van der Waals surface area contributed by atoms with Crippen LogP contribution in [-0.4, -0.2) is 38.2 Å². The lowest BCUT2D eigenvalue weighted by Gasteiger charge is -2.24. The molecule has 0 saturated heterocycles. The molecule has 2 aromatic rings. The molecular formula is C17H24N4O2S. The molecule has 1 aromatic heterocycles. The van der Waals surface area contributed by atoms with Crippen LogP contribution in [0.5, 0.6) is 0 Å². The molecule has 6 nitrogen and oxygen atoms in total. The van der Waals surface area contributed by atoms with Gasteiger partial charge in [0.15, 0.2) is 5.16 Å². The van der Waals surface area contributed by atoms with Crippen molar-refractivity contribution >= 4 is 34.8 Å². The lowest BCUT2D eigenvalue weighted by Crippen LogP contribution is -2.34. The Balaban J connectivity index is 2.00. The molecule has 0 radical (unpaired) electrons. The maximum absolute atomic E-state index is 12.5. The molecule has 0 aliphatic rings. The standard InChI is InChI=1S/C17H24N4O2S/c1-11(2)18-15(22)9-10-16(23)21(12(3)4)24-17-19-13-7-5-6-8-14(13)20-17/h5-8,11-12H,9-10H2,1-4H3,(H,18,22)(H,19,20). The van der Waals surface area contributed by atoms with E-state index in [2.05, 4.69) is 15.3 Å². The molecule has 0 spiro atoms. The Kier molecular flexibility index (Phi) is 6.25. The van der Waals surface area contributed by atoms with E-state index in [1.807, 2.05) is 52.0 Å². The van der Waals surface area contributed by atoms with Crippen LogP contribution in [0.2, 0.25) is 0 Å². The van der Waals surface area contributed by atoms with Crippen molar-refractivity contribution in [2.24, 2.45) is 0 Å². The summed E-state index contributed by atoms with van der Waals surface area (Å²) in [7, 11) is 0. The summed E-state index contributed by atoms with van der Waals surface area (Å²) in [5.74, 6) is -0.176. The van der Waals surface area contributed by atoms with Crippen LogP contribution < -0.4 is 5.32 Å². The molecule has 0 aliphatic carbocycles. The second kappa shape index (κ2) is 8.19. The molecule has 2 amide bonds. The first-order valence-electron chi connectivity index (χ1n) is 8.11. The van der Waals surface area contributed by atoms with Gasteiger partial charge in [-0.1, -0.05) is 12.1 Å². The van der Waals surface area contributed by atoms with Crippen LogP contribution >= 0.6 is 11.9 Å². The molecular weight excluding hydrogens is 324 g/mol. The molecule has 2 rings (SSSR count). The number of benzene rings is 1. The number of rotatable bonds is 7. The number of carbonyl (C=O) groups is 2. The molecule has 1 aromatic carbocycles. The van der Waals surface area contributed by atoms with Gasteiger partial charge in [-0.05, 0) is 39.8 Å². The highest BCUT2D eigenvalue weighted by Gasteiger charge is 2.21. The molecule has 0 saturated carbocycles. The van der Waals surface area contributed by atoms with Crippen molar-refractivity contribution in [3.63, 3.8) is 0 Å². The fourth-order valence-electron chi connectivity index (χ4n) is 2.23. The number of imidazole rings is 1. The largest absolute Gasteiger partial charge is 0.354 e. The van der Waals surface area contributed by atoms with Crippen LogP contribution in [0.4, 0.5) is 0 Å². The normalized spacial score (nSPS) is 11.2. The van der Waals surface area contributed by atoms with E-state index in [9.17, 15) is 9.59 Å². The van der Waals surface area contributed by atoms with Crippen LogP contribution in [0.1, 0.15) is 40.5 Å². The first-order valence-corrected chi connectivity index (χ1v) is 8.88. The van der Waals surface area contributed by atoms with E-state index in [1.165, 1.54) is 11.9 Å². The highest BCUT2D eigenvalue weighted by atomic mass is 32.2. The molecule has 0 aliphatic heterocycles. The number of nitrogens with zero attached hydrogens (tertiary/aromatic N) is 2. The second-order valence-corrected chi connectivity index (χ2v) is 7.15. The third-order valence-corrected chi connectivity index (χ3v) is 4.47. The summed E-state index contributed by atoms with van der Waals surface area (Å²) in [6, 6.07) is 7.82. The molecule has 0 bridgehead atoms. The summed E-state index contributed by atoms with van der Waals surface area (Å²) in [5.41, 5.74) is 1.81. The number of aromatic nitrogens is 2. The monoisotopic (exact) mass is 348 g/mol.